The van der Waals surface area contributed by atoms with E-state index >= 15 is 0 Å². The molecule has 0 saturated heterocycles. The molecule has 1 aliphatic heterocycles. The number of benzene rings is 2. The van der Waals surface area contributed by atoms with Gasteiger partial charge in [0.25, 0.3) is 0 Å². The zero-order valence-electron chi connectivity index (χ0n) is 15.9. The molecule has 2 unspecified atom stereocenters. The first kappa shape index (κ1) is 21.5. The maximum absolute atomic E-state index is 13.8. The summed E-state index contributed by atoms with van der Waals surface area (Å²) in [6.07, 6.45) is -5.22. The van der Waals surface area contributed by atoms with Gasteiger partial charge in [0.15, 0.2) is 5.82 Å². The van der Waals surface area contributed by atoms with E-state index in [4.69, 9.17) is 16.3 Å². The molecule has 0 spiro atoms. The molecular formula is C20H15ClF3N3O3S. The molecule has 0 bridgehead atoms. The highest BCUT2D eigenvalue weighted by molar-refractivity contribution is 8.00. The van der Waals surface area contributed by atoms with E-state index in [9.17, 15) is 23.1 Å². The van der Waals surface area contributed by atoms with Gasteiger partial charge in [-0.3, -0.25) is 9.36 Å². The zero-order valence-corrected chi connectivity index (χ0v) is 17.5. The van der Waals surface area contributed by atoms with Gasteiger partial charge in [-0.15, -0.1) is 22.0 Å². The number of para-hydroxylation sites is 1. The van der Waals surface area contributed by atoms with Crippen LogP contribution in [-0.4, -0.2) is 33.0 Å². The van der Waals surface area contributed by atoms with Crippen molar-refractivity contribution in [2.45, 2.75) is 23.1 Å². The molecule has 0 saturated carbocycles. The summed E-state index contributed by atoms with van der Waals surface area (Å²) in [7, 11) is 1.49. The van der Waals surface area contributed by atoms with Crippen LogP contribution in [0.2, 0.25) is 5.02 Å². The molecular weight excluding hydrogens is 455 g/mol. The van der Waals surface area contributed by atoms with Gasteiger partial charge in [0.2, 0.25) is 5.82 Å². The molecule has 3 aromatic rings. The monoisotopic (exact) mass is 469 g/mol. The Morgan fingerprint density at radius 1 is 1.23 bits per heavy atom. The Morgan fingerprint density at radius 2 is 1.97 bits per heavy atom. The lowest BCUT2D eigenvalue weighted by molar-refractivity contribution is -0.146. The largest absolute Gasteiger partial charge is 0.496 e. The molecule has 0 amide bonds. The molecule has 4 rings (SSSR count). The Labute approximate surface area is 184 Å². The number of ether oxygens (including phenoxy) is 1. The van der Waals surface area contributed by atoms with Gasteiger partial charge < -0.3 is 9.84 Å². The number of methoxy groups -OCH3 is 1. The second-order valence-electron chi connectivity index (χ2n) is 6.76. The Kier molecular flexibility index (Phi) is 5.61. The number of rotatable bonds is 4. The molecule has 1 aromatic heterocycles. The lowest BCUT2D eigenvalue weighted by Gasteiger charge is -2.22. The lowest BCUT2D eigenvalue weighted by atomic mass is 10.0. The van der Waals surface area contributed by atoms with Gasteiger partial charge >= 0.3 is 12.1 Å². The van der Waals surface area contributed by atoms with Crippen LogP contribution in [0.25, 0.3) is 5.69 Å². The molecule has 2 aromatic carbocycles. The number of aliphatic carboxylic acids is 1. The highest BCUT2D eigenvalue weighted by Gasteiger charge is 2.43. The van der Waals surface area contributed by atoms with E-state index in [2.05, 4.69) is 10.2 Å². The van der Waals surface area contributed by atoms with E-state index < -0.39 is 34.9 Å². The minimum absolute atomic E-state index is 0.0827. The predicted molar refractivity (Wildman–Crippen MR) is 109 cm³/mol. The number of carbonyl (C=O) groups is 1. The quantitative estimate of drug-likeness (QED) is 0.558. The van der Waals surface area contributed by atoms with Gasteiger partial charge in [-0.25, -0.2) is 0 Å². The summed E-state index contributed by atoms with van der Waals surface area (Å²) in [5.41, 5.74) is 1.34. The molecule has 0 radical (unpaired) electrons. The Balaban J connectivity index is 2.03. The second kappa shape index (κ2) is 8.08. The van der Waals surface area contributed by atoms with Crippen molar-refractivity contribution in [3.8, 4) is 11.4 Å². The molecule has 1 N–H and O–H groups in total. The van der Waals surface area contributed by atoms with Gasteiger partial charge in [-0.05, 0) is 29.8 Å². The first-order valence-corrected chi connectivity index (χ1v) is 10.3. The van der Waals surface area contributed by atoms with E-state index in [1.807, 2.05) is 0 Å². The van der Waals surface area contributed by atoms with E-state index in [0.29, 0.717) is 21.9 Å². The van der Waals surface area contributed by atoms with Crippen molar-refractivity contribution in [1.82, 2.24) is 14.8 Å². The summed E-state index contributed by atoms with van der Waals surface area (Å²) in [4.78, 5) is 11.5. The topological polar surface area (TPSA) is 77.2 Å². The molecule has 0 fully saturated rings. The number of aromatic nitrogens is 3. The summed E-state index contributed by atoms with van der Waals surface area (Å²) in [5, 5.41) is 15.4. The van der Waals surface area contributed by atoms with Crippen LogP contribution in [0, 0.1) is 0 Å². The number of carboxylic acid groups (broad SMARTS) is 1. The summed E-state index contributed by atoms with van der Waals surface area (Å²) in [6.45, 7) is 0. The number of nitrogens with zero attached hydrogens (tertiary/aromatic N) is 3. The van der Waals surface area contributed by atoms with Crippen molar-refractivity contribution < 1.29 is 27.8 Å². The Bertz CT molecular complexity index is 1150. The predicted octanol–water partition coefficient (Wildman–Crippen LogP) is 5.30. The Morgan fingerprint density at radius 3 is 2.65 bits per heavy atom. The maximum atomic E-state index is 13.8. The molecule has 162 valence electrons. The van der Waals surface area contributed by atoms with E-state index in [0.717, 1.165) is 4.57 Å². The number of alkyl halides is 3. The molecule has 11 heteroatoms. The number of carboxylic acids is 1. The minimum Gasteiger partial charge on any atom is -0.496 e. The van der Waals surface area contributed by atoms with Gasteiger partial charge in [0.05, 0.1) is 29.7 Å². The van der Waals surface area contributed by atoms with Crippen molar-refractivity contribution >= 4 is 29.3 Å². The van der Waals surface area contributed by atoms with E-state index in [-0.39, 0.29) is 11.5 Å². The van der Waals surface area contributed by atoms with Crippen LogP contribution < -0.4 is 4.74 Å². The molecule has 1 aliphatic rings. The van der Waals surface area contributed by atoms with Crippen molar-refractivity contribution in [2.24, 2.45) is 0 Å². The number of thioether (sulfide) groups is 1. The van der Waals surface area contributed by atoms with Crippen molar-refractivity contribution in [2.75, 3.05) is 7.11 Å². The second-order valence-corrected chi connectivity index (χ2v) is 8.51. The molecule has 2 heterocycles. The summed E-state index contributed by atoms with van der Waals surface area (Å²) in [6, 6.07) is 11.6. The summed E-state index contributed by atoms with van der Waals surface area (Å²) < 4.78 is 47.6. The van der Waals surface area contributed by atoms with Crippen LogP contribution >= 0.6 is 23.4 Å². The maximum Gasteiger partial charge on any atom is 0.452 e. The zero-order chi connectivity index (χ0) is 22.3. The smallest absolute Gasteiger partial charge is 0.452 e. The fraction of sp³-hybridized carbons (Fsp3) is 0.250. The lowest BCUT2D eigenvalue weighted by Crippen LogP contribution is -2.16. The first-order valence-electron chi connectivity index (χ1n) is 9.03. The third-order valence-electron chi connectivity index (χ3n) is 4.82. The highest BCUT2D eigenvalue weighted by atomic mass is 35.5. The van der Waals surface area contributed by atoms with Crippen LogP contribution in [0.1, 0.15) is 39.7 Å². The van der Waals surface area contributed by atoms with Gasteiger partial charge in [0, 0.05) is 10.6 Å². The van der Waals surface area contributed by atoms with Crippen LogP contribution in [0.5, 0.6) is 5.75 Å². The van der Waals surface area contributed by atoms with Crippen LogP contribution in [0.3, 0.4) is 0 Å². The molecule has 2 atom stereocenters. The highest BCUT2D eigenvalue weighted by Crippen LogP contribution is 2.53. The van der Waals surface area contributed by atoms with Crippen molar-refractivity contribution in [1.29, 1.82) is 0 Å². The van der Waals surface area contributed by atoms with Crippen LogP contribution in [-0.2, 0) is 11.0 Å². The average molecular weight is 470 g/mol. The van der Waals surface area contributed by atoms with Crippen molar-refractivity contribution in [3.63, 3.8) is 0 Å². The SMILES string of the molecule is COc1ccccc1C1SC(CC(=O)O)c2nnc(C(F)(F)F)n2-c2ccc(Cl)cc21. The third-order valence-corrected chi connectivity index (χ3v) is 6.55. The van der Waals surface area contributed by atoms with Crippen LogP contribution in [0.4, 0.5) is 13.2 Å². The number of hydrogen-bond acceptors (Lipinski definition) is 5. The number of halogens is 4. The standard InChI is InChI=1S/C20H15ClF3N3O3S/c1-30-14-5-3-2-4-11(14)17-12-8-10(21)6-7-13(12)27-18(15(31-17)9-16(28)29)25-26-19(27)20(22,23)24/h2-8,15,17H,9H2,1H3,(H,28,29). The third kappa shape index (κ3) is 3.97. The molecule has 6 nitrogen and oxygen atoms in total. The van der Waals surface area contributed by atoms with Gasteiger partial charge in [-0.2, -0.15) is 13.2 Å². The number of fused-ring (bicyclic) bond motifs is 3. The van der Waals surface area contributed by atoms with Gasteiger partial charge in [-0.1, -0.05) is 29.8 Å². The van der Waals surface area contributed by atoms with Crippen LogP contribution in [0.15, 0.2) is 42.5 Å². The summed E-state index contributed by atoms with van der Waals surface area (Å²) >= 11 is 7.38. The van der Waals surface area contributed by atoms with Gasteiger partial charge in [0.1, 0.15) is 5.75 Å². The van der Waals surface area contributed by atoms with E-state index in [1.165, 1.54) is 31.0 Å². The van der Waals surface area contributed by atoms with E-state index in [1.54, 1.807) is 30.3 Å². The number of hydrogen-bond donors (Lipinski definition) is 1. The van der Waals surface area contributed by atoms with Crippen molar-refractivity contribution in [3.05, 3.63) is 70.3 Å². The molecule has 0 aliphatic carbocycles. The molecule has 31 heavy (non-hydrogen) atoms. The fourth-order valence-corrected chi connectivity index (χ4v) is 5.28. The summed E-state index contributed by atoms with van der Waals surface area (Å²) in [5.74, 6) is -1.94. The normalized spacial score (nSPS) is 18.1. The Hall–Kier alpha value is -2.72. The average Bonchev–Trinajstić information content (AvgIpc) is 3.11. The minimum atomic E-state index is -4.79. The first-order chi connectivity index (χ1) is 14.7. The fourth-order valence-electron chi connectivity index (χ4n) is 3.59.